The molecule has 0 saturated heterocycles. The Morgan fingerprint density at radius 1 is 0.700 bits per heavy atom. The lowest BCUT2D eigenvalue weighted by Gasteiger charge is -2.07. The van der Waals surface area contributed by atoms with E-state index in [0.717, 1.165) is 67.7 Å². The molecule has 0 aliphatic carbocycles. The molecule has 0 fully saturated rings. The summed E-state index contributed by atoms with van der Waals surface area (Å²) in [5, 5.41) is 13.2. The molecule has 0 spiro atoms. The highest BCUT2D eigenvalue weighted by Gasteiger charge is 2.15. The van der Waals surface area contributed by atoms with Gasteiger partial charge in [-0.3, -0.25) is 15.1 Å². The van der Waals surface area contributed by atoms with Crippen molar-refractivity contribution in [3.05, 3.63) is 127 Å². The smallest absolute Gasteiger partial charge is 0.123 e. The Morgan fingerprint density at radius 3 is 2.48 bits per heavy atom. The van der Waals surface area contributed by atoms with E-state index in [1.54, 1.807) is 12.1 Å². The molecule has 4 aromatic heterocycles. The molecule has 0 bridgehead atoms. The van der Waals surface area contributed by atoms with E-state index in [0.29, 0.717) is 6.54 Å². The highest BCUT2D eigenvalue weighted by molar-refractivity contribution is 6.01. The van der Waals surface area contributed by atoms with Crippen LogP contribution in [-0.2, 0) is 13.1 Å². The maximum absolute atomic E-state index is 14.0. The quantitative estimate of drug-likeness (QED) is 0.205. The molecule has 6 nitrogen and oxygen atoms in total. The van der Waals surface area contributed by atoms with Crippen LogP contribution in [-0.4, -0.2) is 25.1 Å². The van der Waals surface area contributed by atoms with Crippen molar-refractivity contribution in [3.8, 4) is 33.8 Å². The maximum Gasteiger partial charge on any atom is 0.123 e. The van der Waals surface area contributed by atoms with Crippen molar-refractivity contribution in [2.75, 3.05) is 0 Å². The third-order valence-electron chi connectivity index (χ3n) is 7.09. The van der Waals surface area contributed by atoms with Gasteiger partial charge in [0, 0.05) is 47.3 Å². The zero-order chi connectivity index (χ0) is 26.9. The van der Waals surface area contributed by atoms with E-state index in [4.69, 9.17) is 0 Å². The summed E-state index contributed by atoms with van der Waals surface area (Å²) in [4.78, 5) is 12.7. The molecule has 3 N–H and O–H groups in total. The Labute approximate surface area is 230 Å². The molecule has 4 heterocycles. The van der Waals surface area contributed by atoms with Gasteiger partial charge in [-0.1, -0.05) is 54.6 Å². The average Bonchev–Trinajstić information content (AvgIpc) is 3.62. The molecule has 7 heteroatoms. The van der Waals surface area contributed by atoms with Crippen LogP contribution >= 0.6 is 0 Å². The number of nitrogens with one attached hydrogen (secondary N) is 3. The summed E-state index contributed by atoms with van der Waals surface area (Å²) in [6.45, 7) is 1.50. The Morgan fingerprint density at radius 2 is 1.57 bits per heavy atom. The summed E-state index contributed by atoms with van der Waals surface area (Å²) in [5.41, 5.74) is 9.37. The van der Waals surface area contributed by atoms with Crippen LogP contribution < -0.4 is 5.32 Å². The van der Waals surface area contributed by atoms with Gasteiger partial charge in [-0.2, -0.15) is 5.10 Å². The second-order valence-electron chi connectivity index (χ2n) is 9.82. The molecule has 40 heavy (non-hydrogen) atoms. The molecule has 0 unspecified atom stereocenters. The van der Waals surface area contributed by atoms with E-state index in [1.165, 1.54) is 11.6 Å². The minimum Gasteiger partial charge on any atom is -0.353 e. The van der Waals surface area contributed by atoms with Gasteiger partial charge in [-0.15, -0.1) is 0 Å². The first-order valence-corrected chi connectivity index (χ1v) is 13.1. The summed E-state index contributed by atoms with van der Waals surface area (Å²) < 4.78 is 14.0. The van der Waals surface area contributed by atoms with Crippen molar-refractivity contribution >= 4 is 21.8 Å². The minimum absolute atomic E-state index is 0.255. The second kappa shape index (κ2) is 10.2. The average molecular weight is 525 g/mol. The zero-order valence-corrected chi connectivity index (χ0v) is 21.5. The van der Waals surface area contributed by atoms with Gasteiger partial charge < -0.3 is 10.3 Å². The van der Waals surface area contributed by atoms with Crippen molar-refractivity contribution in [3.63, 3.8) is 0 Å². The van der Waals surface area contributed by atoms with Crippen molar-refractivity contribution in [2.24, 2.45) is 0 Å². The Hall–Kier alpha value is -5.14. The fraction of sp³-hybridized carbons (Fsp3) is 0.0606. The molecule has 3 aromatic carbocycles. The van der Waals surface area contributed by atoms with Gasteiger partial charge in [-0.25, -0.2) is 4.39 Å². The molecule has 194 valence electrons. The molecule has 7 rings (SSSR count). The van der Waals surface area contributed by atoms with Gasteiger partial charge in [0.1, 0.15) is 11.5 Å². The molecular weight excluding hydrogens is 499 g/mol. The highest BCUT2D eigenvalue weighted by Crippen LogP contribution is 2.35. The second-order valence-corrected chi connectivity index (χ2v) is 9.82. The Balaban J connectivity index is 1.20. The highest BCUT2D eigenvalue weighted by atomic mass is 19.1. The van der Waals surface area contributed by atoms with E-state index in [2.05, 4.69) is 54.7 Å². The molecule has 0 aliphatic heterocycles. The van der Waals surface area contributed by atoms with Crippen LogP contribution in [0, 0.1) is 5.82 Å². The summed E-state index contributed by atoms with van der Waals surface area (Å²) in [6.07, 6.45) is 5.52. The molecule has 0 amide bonds. The lowest BCUT2D eigenvalue weighted by molar-refractivity contribution is 0.628. The normalized spacial score (nSPS) is 11.4. The number of aromatic amines is 2. The van der Waals surface area contributed by atoms with Crippen LogP contribution in [0.25, 0.3) is 55.6 Å². The lowest BCUT2D eigenvalue weighted by Crippen LogP contribution is -2.12. The largest absolute Gasteiger partial charge is 0.353 e. The standard InChI is InChI=1S/C33H25FN6/c34-25-9-4-8-23(13-25)26-10-5-11-29-27(26)14-31(38-29)33-28-15-30(37-20-32(28)39-40-33)24-12-22(18-36-19-24)17-35-16-21-6-2-1-3-7-21/h1-15,18-20,35,38H,16-17H2,(H,39,40). The summed E-state index contributed by atoms with van der Waals surface area (Å²) in [7, 11) is 0. The minimum atomic E-state index is -0.255. The number of aromatic nitrogens is 5. The number of hydrogen-bond acceptors (Lipinski definition) is 4. The molecule has 0 radical (unpaired) electrons. The third kappa shape index (κ3) is 4.63. The lowest BCUT2D eigenvalue weighted by atomic mass is 10.0. The van der Waals surface area contributed by atoms with Gasteiger partial charge in [0.05, 0.1) is 23.1 Å². The predicted octanol–water partition coefficient (Wildman–Crippen LogP) is 7.26. The number of halogens is 1. The molecular formula is C33H25FN6. The number of hydrogen-bond donors (Lipinski definition) is 3. The summed E-state index contributed by atoms with van der Waals surface area (Å²) >= 11 is 0. The van der Waals surface area contributed by atoms with Crippen LogP contribution in [0.15, 0.2) is 110 Å². The first-order chi connectivity index (χ1) is 19.7. The SMILES string of the molecule is Fc1cccc(-c2cccc3[nH]c(-c4n[nH]c5cnc(-c6cncc(CNCc7ccccc7)c6)cc45)cc23)c1. The molecule has 0 aliphatic rings. The number of benzene rings is 3. The van der Waals surface area contributed by atoms with E-state index in [1.807, 2.05) is 67.1 Å². The van der Waals surface area contributed by atoms with Crippen LogP contribution in [0.5, 0.6) is 0 Å². The third-order valence-corrected chi connectivity index (χ3v) is 7.09. The van der Waals surface area contributed by atoms with E-state index >= 15 is 0 Å². The summed E-state index contributed by atoms with van der Waals surface area (Å²) in [6, 6.07) is 29.2. The van der Waals surface area contributed by atoms with Crippen molar-refractivity contribution in [1.82, 2.24) is 30.5 Å². The van der Waals surface area contributed by atoms with Crippen molar-refractivity contribution < 1.29 is 4.39 Å². The number of rotatable bonds is 7. The van der Waals surface area contributed by atoms with Gasteiger partial charge >= 0.3 is 0 Å². The summed E-state index contributed by atoms with van der Waals surface area (Å²) in [5.74, 6) is -0.255. The zero-order valence-electron chi connectivity index (χ0n) is 21.5. The van der Waals surface area contributed by atoms with Crippen LogP contribution in [0.4, 0.5) is 4.39 Å². The van der Waals surface area contributed by atoms with Crippen molar-refractivity contribution in [2.45, 2.75) is 13.1 Å². The van der Waals surface area contributed by atoms with E-state index in [-0.39, 0.29) is 5.82 Å². The number of H-pyrrole nitrogens is 2. The van der Waals surface area contributed by atoms with Gasteiger partial charge in [0.2, 0.25) is 0 Å². The van der Waals surface area contributed by atoms with Gasteiger partial charge in [0.15, 0.2) is 0 Å². The van der Waals surface area contributed by atoms with E-state index < -0.39 is 0 Å². The fourth-order valence-electron chi connectivity index (χ4n) is 5.14. The van der Waals surface area contributed by atoms with Crippen molar-refractivity contribution in [1.29, 1.82) is 0 Å². The topological polar surface area (TPSA) is 82.3 Å². The van der Waals surface area contributed by atoms with Crippen LogP contribution in [0.2, 0.25) is 0 Å². The number of pyridine rings is 2. The molecule has 0 atom stereocenters. The van der Waals surface area contributed by atoms with Gasteiger partial charge in [-0.05, 0) is 58.7 Å². The van der Waals surface area contributed by atoms with E-state index in [9.17, 15) is 4.39 Å². The number of fused-ring (bicyclic) bond motifs is 2. The van der Waals surface area contributed by atoms with Crippen LogP contribution in [0.3, 0.4) is 0 Å². The first-order valence-electron chi connectivity index (χ1n) is 13.1. The van der Waals surface area contributed by atoms with Gasteiger partial charge in [0.25, 0.3) is 0 Å². The van der Waals surface area contributed by atoms with Crippen LogP contribution in [0.1, 0.15) is 11.1 Å². The molecule has 7 aromatic rings. The number of nitrogens with zero attached hydrogens (tertiary/aromatic N) is 3. The Kier molecular flexibility index (Phi) is 6.11. The monoisotopic (exact) mass is 524 g/mol. The molecule has 0 saturated carbocycles. The predicted molar refractivity (Wildman–Crippen MR) is 157 cm³/mol. The fourth-order valence-corrected chi connectivity index (χ4v) is 5.14. The Bertz CT molecular complexity index is 1960. The first kappa shape index (κ1) is 23.9. The maximum atomic E-state index is 14.0.